The largest absolute Gasteiger partial charge is 0.494 e. The lowest BCUT2D eigenvalue weighted by molar-refractivity contribution is -0.124. The molecule has 0 bridgehead atoms. The molecule has 0 saturated heterocycles. The Morgan fingerprint density at radius 2 is 1.82 bits per heavy atom. The molecule has 2 N–H and O–H groups in total. The van der Waals surface area contributed by atoms with Crippen molar-refractivity contribution in [1.82, 2.24) is 0 Å². The topological polar surface area (TPSA) is 97.0 Å². The van der Waals surface area contributed by atoms with Crippen molar-refractivity contribution < 1.29 is 23.9 Å². The van der Waals surface area contributed by atoms with Crippen LogP contribution < -0.4 is 20.3 Å². The Balaban J connectivity index is 1.77. The molecule has 8 heteroatoms. The van der Waals surface area contributed by atoms with E-state index in [9.17, 15) is 14.4 Å². The Morgan fingerprint density at radius 1 is 1.06 bits per heavy atom. The van der Waals surface area contributed by atoms with E-state index in [1.54, 1.807) is 45.0 Å². The zero-order valence-corrected chi connectivity index (χ0v) is 18.9. The third kappa shape index (κ3) is 4.59. The molecule has 4 rings (SSSR count). The highest BCUT2D eigenvalue weighted by molar-refractivity contribution is 6.21. The first kappa shape index (κ1) is 22.1. The summed E-state index contributed by atoms with van der Waals surface area (Å²) in [6.07, 6.45) is -0.922. The second-order valence-electron chi connectivity index (χ2n) is 8.65. The monoisotopic (exact) mass is 447 g/mol. The normalized spacial score (nSPS) is 13.8. The van der Waals surface area contributed by atoms with Gasteiger partial charge in [-0.3, -0.25) is 19.8 Å². The highest BCUT2D eigenvalue weighted by Gasteiger charge is 2.29. The van der Waals surface area contributed by atoms with Gasteiger partial charge in [-0.25, -0.2) is 4.79 Å². The molecule has 0 atom stereocenters. The van der Waals surface area contributed by atoms with E-state index in [0.29, 0.717) is 28.5 Å². The fourth-order valence-electron chi connectivity index (χ4n) is 3.73. The van der Waals surface area contributed by atoms with Crippen LogP contribution in [0.25, 0.3) is 10.8 Å². The van der Waals surface area contributed by atoms with Crippen molar-refractivity contribution in [2.75, 3.05) is 22.6 Å². The predicted octanol–water partition coefficient (Wildman–Crippen LogP) is 5.20. The first-order valence-corrected chi connectivity index (χ1v) is 10.5. The van der Waals surface area contributed by atoms with Gasteiger partial charge in [-0.15, -0.1) is 0 Å². The predicted molar refractivity (Wildman–Crippen MR) is 127 cm³/mol. The van der Waals surface area contributed by atoms with Gasteiger partial charge in [0.05, 0.1) is 29.9 Å². The third-order valence-corrected chi connectivity index (χ3v) is 5.05. The number of nitrogens with zero attached hydrogens (tertiary/aromatic N) is 1. The van der Waals surface area contributed by atoms with E-state index in [2.05, 4.69) is 10.6 Å². The number of carbonyl (C=O) groups is 3. The molecule has 170 valence electrons. The highest BCUT2D eigenvalue weighted by Crippen LogP contribution is 2.41. The number of carbonyl (C=O) groups excluding carboxylic acids is 3. The van der Waals surface area contributed by atoms with Gasteiger partial charge in [0, 0.05) is 11.5 Å². The Morgan fingerprint density at radius 3 is 2.55 bits per heavy atom. The van der Waals surface area contributed by atoms with E-state index >= 15 is 0 Å². The molecule has 33 heavy (non-hydrogen) atoms. The standard InChI is InChI=1S/C25H25N3O5/c1-25(2,3)33-24(31)26-18-11-10-16(13-20(18)32-4)28-19-12-9-15-7-5-6-8-17(15)23(19)27-21(29)14-22(28)30/h5-13H,14H2,1-4H3,(H,26,31)(H,27,29). The van der Waals surface area contributed by atoms with Crippen molar-refractivity contribution in [3.8, 4) is 5.75 Å². The number of nitrogens with one attached hydrogen (secondary N) is 2. The fourth-order valence-corrected chi connectivity index (χ4v) is 3.73. The van der Waals surface area contributed by atoms with Crippen molar-refractivity contribution in [2.45, 2.75) is 32.8 Å². The van der Waals surface area contributed by atoms with E-state index in [1.165, 1.54) is 12.0 Å². The number of ether oxygens (including phenoxy) is 2. The number of fused-ring (bicyclic) bond motifs is 3. The Kier molecular flexibility index (Phi) is 5.68. The lowest BCUT2D eigenvalue weighted by Crippen LogP contribution is -2.28. The van der Waals surface area contributed by atoms with Crippen molar-refractivity contribution in [1.29, 1.82) is 0 Å². The maximum atomic E-state index is 13.1. The van der Waals surface area contributed by atoms with Gasteiger partial charge in [0.2, 0.25) is 11.8 Å². The van der Waals surface area contributed by atoms with Crippen LogP contribution in [0.15, 0.2) is 54.6 Å². The maximum Gasteiger partial charge on any atom is 0.412 e. The molecule has 0 unspecified atom stereocenters. The maximum absolute atomic E-state index is 13.1. The molecular weight excluding hydrogens is 422 g/mol. The summed E-state index contributed by atoms with van der Waals surface area (Å²) in [5, 5.41) is 7.32. The molecule has 0 aliphatic carbocycles. The molecule has 3 aromatic rings. The van der Waals surface area contributed by atoms with Crippen molar-refractivity contribution in [3.05, 3.63) is 54.6 Å². The molecular formula is C25H25N3O5. The minimum atomic E-state index is -0.651. The zero-order chi connectivity index (χ0) is 23.8. The summed E-state index contributed by atoms with van der Waals surface area (Å²) in [7, 11) is 1.47. The van der Waals surface area contributed by atoms with Gasteiger partial charge < -0.3 is 14.8 Å². The SMILES string of the molecule is COc1cc(N2C(=O)CC(=O)Nc3c2ccc2ccccc32)ccc1NC(=O)OC(C)(C)C. The van der Waals surface area contributed by atoms with Gasteiger partial charge in [0.25, 0.3) is 0 Å². The fraction of sp³-hybridized carbons (Fsp3) is 0.240. The molecule has 0 aromatic heterocycles. The first-order chi connectivity index (χ1) is 15.7. The van der Waals surface area contributed by atoms with Gasteiger partial charge >= 0.3 is 6.09 Å². The first-order valence-electron chi connectivity index (χ1n) is 10.5. The van der Waals surface area contributed by atoms with Crippen LogP contribution in [-0.2, 0) is 14.3 Å². The summed E-state index contributed by atoms with van der Waals surface area (Å²) in [6, 6.07) is 16.3. The van der Waals surface area contributed by atoms with Gasteiger partial charge in [-0.1, -0.05) is 30.3 Å². The van der Waals surface area contributed by atoms with Crippen LogP contribution in [0.1, 0.15) is 27.2 Å². The number of amides is 3. The lowest BCUT2D eigenvalue weighted by atomic mass is 10.1. The number of methoxy groups -OCH3 is 1. The second-order valence-corrected chi connectivity index (χ2v) is 8.65. The van der Waals surface area contributed by atoms with E-state index in [-0.39, 0.29) is 18.2 Å². The summed E-state index contributed by atoms with van der Waals surface area (Å²) in [5.74, 6) is -0.413. The molecule has 3 aromatic carbocycles. The van der Waals surface area contributed by atoms with Crippen LogP contribution >= 0.6 is 0 Å². The molecule has 1 heterocycles. The Labute approximate surface area is 191 Å². The molecule has 1 aliphatic rings. The molecule has 8 nitrogen and oxygen atoms in total. The van der Waals surface area contributed by atoms with Gasteiger partial charge in [-0.05, 0) is 44.4 Å². The molecule has 1 aliphatic heterocycles. The van der Waals surface area contributed by atoms with Gasteiger partial charge in [0.1, 0.15) is 17.8 Å². The second kappa shape index (κ2) is 8.46. The quantitative estimate of drug-likeness (QED) is 0.538. The molecule has 3 amide bonds. The van der Waals surface area contributed by atoms with Crippen LogP contribution in [0.3, 0.4) is 0 Å². The highest BCUT2D eigenvalue weighted by atomic mass is 16.6. The van der Waals surface area contributed by atoms with Crippen molar-refractivity contribution in [2.24, 2.45) is 0 Å². The summed E-state index contributed by atoms with van der Waals surface area (Å²) in [6.45, 7) is 5.32. The average Bonchev–Trinajstić information content (AvgIpc) is 2.87. The molecule has 0 spiro atoms. The molecule has 0 radical (unpaired) electrons. The van der Waals surface area contributed by atoms with E-state index in [1.807, 2.05) is 30.3 Å². The van der Waals surface area contributed by atoms with Crippen LogP contribution in [0.5, 0.6) is 5.75 Å². The summed E-state index contributed by atoms with van der Waals surface area (Å²) in [5.41, 5.74) is 1.37. The van der Waals surface area contributed by atoms with E-state index < -0.39 is 11.7 Å². The van der Waals surface area contributed by atoms with Gasteiger partial charge in [-0.2, -0.15) is 0 Å². The van der Waals surface area contributed by atoms with Crippen LogP contribution in [0.4, 0.5) is 27.5 Å². The van der Waals surface area contributed by atoms with Crippen LogP contribution in [-0.4, -0.2) is 30.6 Å². The minimum Gasteiger partial charge on any atom is -0.494 e. The van der Waals surface area contributed by atoms with E-state index in [4.69, 9.17) is 9.47 Å². The Hall–Kier alpha value is -4.07. The number of hydrogen-bond acceptors (Lipinski definition) is 5. The number of rotatable bonds is 3. The van der Waals surface area contributed by atoms with Crippen molar-refractivity contribution in [3.63, 3.8) is 0 Å². The summed E-state index contributed by atoms with van der Waals surface area (Å²) >= 11 is 0. The zero-order valence-electron chi connectivity index (χ0n) is 18.9. The molecule has 0 saturated carbocycles. The lowest BCUT2D eigenvalue weighted by Gasteiger charge is -2.25. The van der Waals surface area contributed by atoms with E-state index in [0.717, 1.165) is 10.8 Å². The number of benzene rings is 3. The number of hydrogen-bond donors (Lipinski definition) is 2. The Bertz CT molecular complexity index is 1260. The smallest absolute Gasteiger partial charge is 0.412 e. The summed E-state index contributed by atoms with van der Waals surface area (Å²) in [4.78, 5) is 39.2. The van der Waals surface area contributed by atoms with Gasteiger partial charge in [0.15, 0.2) is 0 Å². The van der Waals surface area contributed by atoms with Crippen molar-refractivity contribution >= 4 is 51.4 Å². The summed E-state index contributed by atoms with van der Waals surface area (Å²) < 4.78 is 10.8. The van der Waals surface area contributed by atoms with Crippen LogP contribution in [0.2, 0.25) is 0 Å². The molecule has 0 fully saturated rings. The third-order valence-electron chi connectivity index (χ3n) is 5.05. The van der Waals surface area contributed by atoms with Crippen LogP contribution in [0, 0.1) is 0 Å². The minimum absolute atomic E-state index is 0.302. The average molecular weight is 447 g/mol. The number of anilines is 4.